The molecule has 4 rings (SSSR count). The predicted octanol–water partition coefficient (Wildman–Crippen LogP) is 3.75. The molecule has 1 amide bonds. The van der Waals surface area contributed by atoms with Crippen molar-refractivity contribution in [1.29, 1.82) is 0 Å². The molecule has 0 bridgehead atoms. The van der Waals surface area contributed by atoms with E-state index in [1.165, 1.54) is 23.3 Å². The molecular formula is C19H23N3OS. The lowest BCUT2D eigenvalue weighted by Crippen LogP contribution is -2.39. The molecule has 2 aliphatic rings. The Balaban J connectivity index is 1.54. The normalized spacial score (nSPS) is 20.7. The van der Waals surface area contributed by atoms with Crippen molar-refractivity contribution in [3.8, 4) is 0 Å². The third kappa shape index (κ3) is 2.97. The summed E-state index contributed by atoms with van der Waals surface area (Å²) < 4.78 is 0. The molecule has 1 aliphatic carbocycles. The summed E-state index contributed by atoms with van der Waals surface area (Å²) in [6, 6.07) is 0. The van der Waals surface area contributed by atoms with Crippen LogP contribution in [-0.4, -0.2) is 33.9 Å². The summed E-state index contributed by atoms with van der Waals surface area (Å²) in [5.41, 5.74) is 4.27. The van der Waals surface area contributed by atoms with Crippen molar-refractivity contribution in [2.24, 2.45) is 0 Å². The van der Waals surface area contributed by atoms with E-state index in [4.69, 9.17) is 0 Å². The van der Waals surface area contributed by atoms with E-state index in [9.17, 15) is 4.79 Å². The molecule has 3 heterocycles. The number of carbonyl (C=O) groups excluding carboxylic acids is 1. The van der Waals surface area contributed by atoms with Crippen molar-refractivity contribution in [3.05, 3.63) is 45.2 Å². The number of fused-ring (bicyclic) bond motifs is 1. The highest BCUT2D eigenvalue weighted by molar-refractivity contribution is 7.10. The number of carbonyl (C=O) groups is 1. The summed E-state index contributed by atoms with van der Waals surface area (Å²) in [6.45, 7) is 3.60. The molecule has 5 heteroatoms. The Bertz CT molecular complexity index is 755. The van der Waals surface area contributed by atoms with Gasteiger partial charge in [0.25, 0.3) is 5.91 Å². The van der Waals surface area contributed by atoms with Crippen LogP contribution in [0.2, 0.25) is 0 Å². The first kappa shape index (κ1) is 15.8. The van der Waals surface area contributed by atoms with Gasteiger partial charge in [0.15, 0.2) is 0 Å². The van der Waals surface area contributed by atoms with Gasteiger partial charge in [-0.1, -0.05) is 0 Å². The minimum Gasteiger partial charge on any atom is -0.338 e. The van der Waals surface area contributed by atoms with Crippen LogP contribution >= 0.6 is 11.3 Å². The topological polar surface area (TPSA) is 46.1 Å². The number of rotatable bonds is 2. The van der Waals surface area contributed by atoms with Crippen molar-refractivity contribution >= 4 is 17.2 Å². The average Bonchev–Trinajstić information content (AvgIpc) is 3.05. The molecule has 1 fully saturated rings. The monoisotopic (exact) mass is 341 g/mol. The fourth-order valence-corrected chi connectivity index (χ4v) is 5.05. The number of likely N-dealkylation sites (tertiary alicyclic amines) is 1. The van der Waals surface area contributed by atoms with E-state index in [1.807, 2.05) is 18.0 Å². The molecule has 0 radical (unpaired) electrons. The predicted molar refractivity (Wildman–Crippen MR) is 95.6 cm³/mol. The maximum atomic E-state index is 13.1. The van der Waals surface area contributed by atoms with Gasteiger partial charge in [-0.2, -0.15) is 0 Å². The van der Waals surface area contributed by atoms with Gasteiger partial charge < -0.3 is 4.90 Å². The zero-order valence-electron chi connectivity index (χ0n) is 14.1. The number of thiophene rings is 1. The highest BCUT2D eigenvalue weighted by Gasteiger charge is 2.29. The van der Waals surface area contributed by atoms with E-state index in [2.05, 4.69) is 15.3 Å². The fraction of sp³-hybridized carbons (Fsp3) is 0.526. The van der Waals surface area contributed by atoms with Gasteiger partial charge >= 0.3 is 0 Å². The number of piperidine rings is 1. The number of nitrogens with zero attached hydrogens (tertiary/aromatic N) is 3. The smallest absolute Gasteiger partial charge is 0.255 e. The van der Waals surface area contributed by atoms with Crippen LogP contribution in [0.25, 0.3) is 0 Å². The van der Waals surface area contributed by atoms with Crippen LogP contribution in [0.5, 0.6) is 0 Å². The molecule has 0 N–H and O–H groups in total. The Kier molecular flexibility index (Phi) is 4.35. The Morgan fingerprint density at radius 3 is 3.00 bits per heavy atom. The molecule has 24 heavy (non-hydrogen) atoms. The van der Waals surface area contributed by atoms with Crippen LogP contribution in [0.15, 0.2) is 17.8 Å². The summed E-state index contributed by atoms with van der Waals surface area (Å²) in [7, 11) is 0. The molecule has 2 aromatic heterocycles. The Morgan fingerprint density at radius 2 is 2.12 bits per heavy atom. The molecule has 1 atom stereocenters. The Labute approximate surface area is 146 Å². The summed E-state index contributed by atoms with van der Waals surface area (Å²) in [4.78, 5) is 25.4. The van der Waals surface area contributed by atoms with Crippen molar-refractivity contribution in [2.45, 2.75) is 51.4 Å². The molecule has 0 spiro atoms. The molecule has 1 saturated heterocycles. The molecule has 0 aromatic carbocycles. The van der Waals surface area contributed by atoms with Crippen LogP contribution < -0.4 is 0 Å². The second-order valence-electron chi connectivity index (χ2n) is 6.93. The maximum Gasteiger partial charge on any atom is 0.255 e. The maximum absolute atomic E-state index is 13.1. The Morgan fingerprint density at radius 1 is 1.25 bits per heavy atom. The lowest BCUT2D eigenvalue weighted by Gasteiger charge is -2.32. The van der Waals surface area contributed by atoms with E-state index in [-0.39, 0.29) is 5.91 Å². The summed E-state index contributed by atoms with van der Waals surface area (Å²) >= 11 is 1.77. The van der Waals surface area contributed by atoms with Gasteiger partial charge in [0.2, 0.25) is 0 Å². The van der Waals surface area contributed by atoms with Gasteiger partial charge in [0.1, 0.15) is 0 Å². The quantitative estimate of drug-likeness (QED) is 0.836. The van der Waals surface area contributed by atoms with Crippen LogP contribution in [0.1, 0.15) is 63.8 Å². The largest absolute Gasteiger partial charge is 0.338 e. The third-order valence-corrected chi connectivity index (χ3v) is 6.28. The second-order valence-corrected chi connectivity index (χ2v) is 7.90. The zero-order chi connectivity index (χ0) is 16.5. The van der Waals surface area contributed by atoms with Gasteiger partial charge in [0.05, 0.1) is 17.0 Å². The van der Waals surface area contributed by atoms with Gasteiger partial charge in [-0.15, -0.1) is 11.3 Å². The molecule has 1 aliphatic heterocycles. The SMILES string of the molecule is Cc1cncc([C@@H]2CCCN(C(=O)c3csc4c3CCCC4)C2)n1. The van der Waals surface area contributed by atoms with Crippen molar-refractivity contribution < 1.29 is 4.79 Å². The van der Waals surface area contributed by atoms with E-state index in [1.54, 1.807) is 17.5 Å². The number of amides is 1. The minimum atomic E-state index is 0.222. The van der Waals surface area contributed by atoms with E-state index >= 15 is 0 Å². The first-order valence-corrected chi connectivity index (χ1v) is 9.77. The number of hydrogen-bond donors (Lipinski definition) is 0. The van der Waals surface area contributed by atoms with Gasteiger partial charge in [-0.25, -0.2) is 0 Å². The summed E-state index contributed by atoms with van der Waals surface area (Å²) in [5.74, 6) is 0.532. The van der Waals surface area contributed by atoms with Crippen LogP contribution in [0.3, 0.4) is 0 Å². The van der Waals surface area contributed by atoms with Gasteiger partial charge in [0, 0.05) is 41.7 Å². The molecule has 126 valence electrons. The molecule has 2 aromatic rings. The highest BCUT2D eigenvalue weighted by Crippen LogP contribution is 2.32. The average molecular weight is 341 g/mol. The standard InChI is InChI=1S/C19H23N3OS/c1-13-9-20-10-17(21-13)14-5-4-8-22(11-14)19(23)16-12-24-18-7-3-2-6-15(16)18/h9-10,12,14H,2-8,11H2,1H3/t14-/m1/s1. The first-order chi connectivity index (χ1) is 11.7. The second kappa shape index (κ2) is 6.63. The number of hydrogen-bond acceptors (Lipinski definition) is 4. The molecule has 4 nitrogen and oxygen atoms in total. The lowest BCUT2D eigenvalue weighted by molar-refractivity contribution is 0.0705. The number of aromatic nitrogens is 2. The van der Waals surface area contributed by atoms with E-state index in [0.29, 0.717) is 5.92 Å². The van der Waals surface area contributed by atoms with Crippen molar-refractivity contribution in [2.75, 3.05) is 13.1 Å². The summed E-state index contributed by atoms with van der Waals surface area (Å²) in [5, 5.41) is 2.09. The fourth-order valence-electron chi connectivity index (χ4n) is 3.93. The van der Waals surface area contributed by atoms with Crippen LogP contribution in [0, 0.1) is 6.92 Å². The third-order valence-electron chi connectivity index (χ3n) is 5.19. The van der Waals surface area contributed by atoms with Crippen LogP contribution in [-0.2, 0) is 12.8 Å². The molecular weight excluding hydrogens is 318 g/mol. The molecule has 0 unspecified atom stereocenters. The highest BCUT2D eigenvalue weighted by atomic mass is 32.1. The van der Waals surface area contributed by atoms with Gasteiger partial charge in [-0.3, -0.25) is 14.8 Å². The van der Waals surface area contributed by atoms with E-state index < -0.39 is 0 Å². The summed E-state index contributed by atoms with van der Waals surface area (Å²) in [6.07, 6.45) is 10.5. The number of aryl methyl sites for hydroxylation is 2. The molecule has 0 saturated carbocycles. The minimum absolute atomic E-state index is 0.222. The van der Waals surface area contributed by atoms with Crippen LogP contribution in [0.4, 0.5) is 0 Å². The van der Waals surface area contributed by atoms with Gasteiger partial charge in [-0.05, 0) is 51.0 Å². The van der Waals surface area contributed by atoms with Crippen molar-refractivity contribution in [3.63, 3.8) is 0 Å². The Hall–Kier alpha value is -1.75. The lowest BCUT2D eigenvalue weighted by atomic mass is 9.92. The van der Waals surface area contributed by atoms with Crippen molar-refractivity contribution in [1.82, 2.24) is 14.9 Å². The first-order valence-electron chi connectivity index (χ1n) is 8.89. The zero-order valence-corrected chi connectivity index (χ0v) is 14.9. The van der Waals surface area contributed by atoms with E-state index in [0.717, 1.165) is 55.7 Å².